The van der Waals surface area contributed by atoms with Crippen LogP contribution in [-0.4, -0.2) is 25.0 Å². The number of benzene rings is 3. The molecule has 0 saturated carbocycles. The Bertz CT molecular complexity index is 1020. The van der Waals surface area contributed by atoms with Crippen LogP contribution in [0, 0.1) is 6.92 Å². The van der Waals surface area contributed by atoms with Gasteiger partial charge < -0.3 is 20.7 Å². The van der Waals surface area contributed by atoms with Gasteiger partial charge in [-0.1, -0.05) is 23.8 Å². The average Bonchev–Trinajstić information content (AvgIpc) is 2.74. The zero-order chi connectivity index (χ0) is 21.3. The highest BCUT2D eigenvalue weighted by molar-refractivity contribution is 6.04. The maximum atomic E-state index is 12.3. The topological polar surface area (TPSA) is 79.5 Å². The Hall–Kier alpha value is -3.80. The second-order valence-corrected chi connectivity index (χ2v) is 6.76. The van der Waals surface area contributed by atoms with Gasteiger partial charge in [-0.2, -0.15) is 0 Å². The van der Waals surface area contributed by atoms with Crippen LogP contribution in [0.3, 0.4) is 0 Å². The van der Waals surface area contributed by atoms with E-state index in [1.54, 1.807) is 30.3 Å². The zero-order valence-electron chi connectivity index (χ0n) is 17.1. The number of carbonyl (C=O) groups excluding carboxylic acids is 2. The van der Waals surface area contributed by atoms with Crippen LogP contribution in [0.15, 0.2) is 72.8 Å². The van der Waals surface area contributed by atoms with Crippen molar-refractivity contribution in [3.63, 3.8) is 0 Å². The fourth-order valence-electron chi connectivity index (χ4n) is 2.88. The van der Waals surface area contributed by atoms with Gasteiger partial charge in [0.15, 0.2) is 0 Å². The van der Waals surface area contributed by atoms with Crippen LogP contribution in [0.4, 0.5) is 17.1 Å². The third-order valence-electron chi connectivity index (χ3n) is 4.30. The molecule has 30 heavy (non-hydrogen) atoms. The summed E-state index contributed by atoms with van der Waals surface area (Å²) in [6, 6.07) is 21.9. The summed E-state index contributed by atoms with van der Waals surface area (Å²) in [6.45, 7) is 4.58. The first-order valence-electron chi connectivity index (χ1n) is 9.78. The molecule has 6 nitrogen and oxygen atoms in total. The highest BCUT2D eigenvalue weighted by Gasteiger charge is 2.07. The van der Waals surface area contributed by atoms with Crippen LogP contribution < -0.4 is 20.7 Å². The van der Waals surface area contributed by atoms with Crippen LogP contribution >= 0.6 is 0 Å². The molecule has 2 amide bonds. The van der Waals surface area contributed by atoms with Gasteiger partial charge in [0.05, 0.1) is 13.2 Å². The number of carbonyl (C=O) groups is 2. The van der Waals surface area contributed by atoms with E-state index in [1.165, 1.54) is 0 Å². The number of amides is 2. The lowest BCUT2D eigenvalue weighted by Crippen LogP contribution is -2.21. The molecule has 6 heteroatoms. The standard InChI is InChI=1S/C24H25N3O3/c1-3-30-22-9-5-8-21(15-22)25-16-23(28)26-19-10-12-20(13-11-19)27-24(29)18-7-4-6-17(2)14-18/h4-15,25H,3,16H2,1-2H3,(H,26,28)(H,27,29). The summed E-state index contributed by atoms with van der Waals surface area (Å²) in [5.74, 6) is 0.411. The van der Waals surface area contributed by atoms with Gasteiger partial charge in [-0.25, -0.2) is 0 Å². The molecule has 0 atom stereocenters. The van der Waals surface area contributed by atoms with Gasteiger partial charge in [0.25, 0.3) is 5.91 Å². The molecule has 0 aliphatic carbocycles. The summed E-state index contributed by atoms with van der Waals surface area (Å²) in [7, 11) is 0. The minimum atomic E-state index is -0.173. The SMILES string of the molecule is CCOc1cccc(NCC(=O)Nc2ccc(NC(=O)c3cccc(C)c3)cc2)c1. The first-order valence-corrected chi connectivity index (χ1v) is 9.78. The van der Waals surface area contributed by atoms with E-state index in [2.05, 4.69) is 16.0 Å². The summed E-state index contributed by atoms with van der Waals surface area (Å²) in [6.07, 6.45) is 0. The Morgan fingerprint density at radius 1 is 0.833 bits per heavy atom. The lowest BCUT2D eigenvalue weighted by Gasteiger charge is -2.10. The molecule has 0 aliphatic heterocycles. The fraction of sp³-hybridized carbons (Fsp3) is 0.167. The Kier molecular flexibility index (Phi) is 7.05. The summed E-state index contributed by atoms with van der Waals surface area (Å²) in [5.41, 5.74) is 3.75. The zero-order valence-corrected chi connectivity index (χ0v) is 17.1. The number of hydrogen-bond donors (Lipinski definition) is 3. The van der Waals surface area contributed by atoms with E-state index in [0.29, 0.717) is 23.5 Å². The van der Waals surface area contributed by atoms with Crippen molar-refractivity contribution < 1.29 is 14.3 Å². The van der Waals surface area contributed by atoms with Crippen molar-refractivity contribution >= 4 is 28.9 Å². The molecule has 0 saturated heterocycles. The van der Waals surface area contributed by atoms with E-state index < -0.39 is 0 Å². The second kappa shape index (κ2) is 10.1. The van der Waals surface area contributed by atoms with E-state index in [0.717, 1.165) is 17.0 Å². The Balaban J connectivity index is 1.50. The second-order valence-electron chi connectivity index (χ2n) is 6.76. The molecule has 3 aromatic rings. The first kappa shape index (κ1) is 20.9. The van der Waals surface area contributed by atoms with E-state index in [1.807, 2.05) is 56.3 Å². The smallest absolute Gasteiger partial charge is 0.255 e. The monoisotopic (exact) mass is 403 g/mol. The minimum Gasteiger partial charge on any atom is -0.494 e. The van der Waals surface area contributed by atoms with Crippen molar-refractivity contribution in [2.24, 2.45) is 0 Å². The molecule has 3 N–H and O–H groups in total. The van der Waals surface area contributed by atoms with E-state index in [-0.39, 0.29) is 18.4 Å². The number of ether oxygens (including phenoxy) is 1. The van der Waals surface area contributed by atoms with Crippen LogP contribution in [0.25, 0.3) is 0 Å². The Morgan fingerprint density at radius 2 is 1.53 bits per heavy atom. The fourth-order valence-corrected chi connectivity index (χ4v) is 2.88. The van der Waals surface area contributed by atoms with Gasteiger partial charge in [-0.15, -0.1) is 0 Å². The predicted octanol–water partition coefficient (Wildman–Crippen LogP) is 4.70. The third kappa shape index (κ3) is 6.10. The van der Waals surface area contributed by atoms with Gasteiger partial charge in [0, 0.05) is 28.7 Å². The van der Waals surface area contributed by atoms with Crippen molar-refractivity contribution in [1.29, 1.82) is 0 Å². The molecule has 0 aliphatic rings. The number of hydrogen-bond acceptors (Lipinski definition) is 4. The number of rotatable bonds is 8. The van der Waals surface area contributed by atoms with E-state index in [4.69, 9.17) is 4.74 Å². The molecule has 0 unspecified atom stereocenters. The van der Waals surface area contributed by atoms with Gasteiger partial charge in [-0.3, -0.25) is 9.59 Å². The normalized spacial score (nSPS) is 10.2. The first-order chi connectivity index (χ1) is 14.5. The molecular weight excluding hydrogens is 378 g/mol. The van der Waals surface area contributed by atoms with Crippen LogP contribution in [0.2, 0.25) is 0 Å². The minimum absolute atomic E-state index is 0.126. The molecule has 3 aromatic carbocycles. The van der Waals surface area contributed by atoms with Crippen molar-refractivity contribution in [1.82, 2.24) is 0 Å². The lowest BCUT2D eigenvalue weighted by molar-refractivity contribution is -0.114. The van der Waals surface area contributed by atoms with Gasteiger partial charge in [0.2, 0.25) is 5.91 Å². The quantitative estimate of drug-likeness (QED) is 0.509. The van der Waals surface area contributed by atoms with Crippen molar-refractivity contribution in [3.8, 4) is 5.75 Å². The summed E-state index contributed by atoms with van der Waals surface area (Å²) < 4.78 is 5.45. The lowest BCUT2D eigenvalue weighted by atomic mass is 10.1. The summed E-state index contributed by atoms with van der Waals surface area (Å²) >= 11 is 0. The van der Waals surface area contributed by atoms with Crippen LogP contribution in [-0.2, 0) is 4.79 Å². The van der Waals surface area contributed by atoms with Gasteiger partial charge >= 0.3 is 0 Å². The maximum Gasteiger partial charge on any atom is 0.255 e. The third-order valence-corrected chi connectivity index (χ3v) is 4.30. The van der Waals surface area contributed by atoms with E-state index in [9.17, 15) is 9.59 Å². The van der Waals surface area contributed by atoms with Crippen molar-refractivity contribution in [2.45, 2.75) is 13.8 Å². The molecule has 0 heterocycles. The highest BCUT2D eigenvalue weighted by Crippen LogP contribution is 2.18. The molecule has 154 valence electrons. The molecule has 0 fully saturated rings. The van der Waals surface area contributed by atoms with Crippen LogP contribution in [0.1, 0.15) is 22.8 Å². The Labute approximate surface area is 176 Å². The highest BCUT2D eigenvalue weighted by atomic mass is 16.5. The molecule has 0 aromatic heterocycles. The Morgan fingerprint density at radius 3 is 2.23 bits per heavy atom. The van der Waals surface area contributed by atoms with Gasteiger partial charge in [0.1, 0.15) is 5.75 Å². The number of aryl methyl sites for hydroxylation is 1. The molecule has 3 rings (SSSR count). The predicted molar refractivity (Wildman–Crippen MR) is 120 cm³/mol. The number of nitrogens with one attached hydrogen (secondary N) is 3. The largest absolute Gasteiger partial charge is 0.494 e. The molecule has 0 radical (unpaired) electrons. The van der Waals surface area contributed by atoms with E-state index >= 15 is 0 Å². The molecule has 0 spiro atoms. The molecule has 0 bridgehead atoms. The summed E-state index contributed by atoms with van der Waals surface area (Å²) in [4.78, 5) is 24.5. The molecular formula is C24H25N3O3. The van der Waals surface area contributed by atoms with Crippen molar-refractivity contribution in [2.75, 3.05) is 29.1 Å². The van der Waals surface area contributed by atoms with Crippen LogP contribution in [0.5, 0.6) is 5.75 Å². The summed E-state index contributed by atoms with van der Waals surface area (Å²) in [5, 5.41) is 8.75. The maximum absolute atomic E-state index is 12.3. The number of anilines is 3. The van der Waals surface area contributed by atoms with Crippen molar-refractivity contribution in [3.05, 3.63) is 83.9 Å². The van der Waals surface area contributed by atoms with Gasteiger partial charge in [-0.05, 0) is 62.4 Å². The average molecular weight is 403 g/mol.